The molecule has 0 unspecified atom stereocenters. The quantitative estimate of drug-likeness (QED) is 0.637. The zero-order chi connectivity index (χ0) is 15.4. The first-order chi connectivity index (χ1) is 10.8. The molecule has 2 aromatic carbocycles. The molecule has 0 spiro atoms. The lowest BCUT2D eigenvalue weighted by Crippen LogP contribution is -2.09. The summed E-state index contributed by atoms with van der Waals surface area (Å²) in [5.74, 6) is 0.997. The van der Waals surface area contributed by atoms with E-state index in [0.717, 1.165) is 31.4 Å². The number of aryl methyl sites for hydroxylation is 1. The molecule has 112 valence electrons. The minimum atomic E-state index is 0.652. The third kappa shape index (κ3) is 2.80. The van der Waals surface area contributed by atoms with Crippen LogP contribution < -0.4 is 0 Å². The topological polar surface area (TPSA) is 34.9 Å². The number of hydrogen-bond acceptors (Lipinski definition) is 2. The average molecular weight is 292 g/mol. The number of nitrogens with zero attached hydrogens (tertiary/aromatic N) is 2. The Hall–Kier alpha value is -2.42. The van der Waals surface area contributed by atoms with E-state index in [0.29, 0.717) is 12.2 Å². The number of benzene rings is 2. The second-order valence-corrected chi connectivity index (χ2v) is 5.55. The van der Waals surface area contributed by atoms with Crippen molar-refractivity contribution >= 4 is 17.1 Å². The van der Waals surface area contributed by atoms with Crippen LogP contribution in [0.5, 0.6) is 0 Å². The number of unbranched alkanes of at least 4 members (excludes halogenated alkanes) is 1. The van der Waals surface area contributed by atoms with Crippen molar-refractivity contribution in [2.75, 3.05) is 0 Å². The first-order valence-corrected chi connectivity index (χ1v) is 7.79. The predicted octanol–water partition coefficient (Wildman–Crippen LogP) is 4.24. The maximum absolute atomic E-state index is 11.3. The molecule has 0 fully saturated rings. The molecule has 0 N–H and O–H groups in total. The number of hydrogen-bond donors (Lipinski definition) is 0. The summed E-state index contributed by atoms with van der Waals surface area (Å²) < 4.78 is 2.05. The van der Waals surface area contributed by atoms with Crippen molar-refractivity contribution in [1.29, 1.82) is 0 Å². The van der Waals surface area contributed by atoms with Crippen LogP contribution in [0.4, 0.5) is 0 Å². The van der Waals surface area contributed by atoms with Gasteiger partial charge in [0.15, 0.2) is 6.29 Å². The van der Waals surface area contributed by atoms with Gasteiger partial charge in [-0.25, -0.2) is 4.98 Å². The van der Waals surface area contributed by atoms with Crippen molar-refractivity contribution in [1.82, 2.24) is 9.55 Å². The van der Waals surface area contributed by atoms with Gasteiger partial charge in [0.1, 0.15) is 11.5 Å². The largest absolute Gasteiger partial charge is 0.321 e. The molecule has 0 radical (unpaired) electrons. The van der Waals surface area contributed by atoms with Crippen LogP contribution in [0.2, 0.25) is 0 Å². The van der Waals surface area contributed by atoms with Crippen LogP contribution in [0.15, 0.2) is 48.7 Å². The summed E-state index contributed by atoms with van der Waals surface area (Å²) in [6.45, 7) is 2.85. The Morgan fingerprint density at radius 1 is 1.14 bits per heavy atom. The number of fused-ring (bicyclic) bond motifs is 1. The molecule has 3 aromatic rings. The van der Waals surface area contributed by atoms with E-state index in [1.54, 1.807) is 6.20 Å². The first-order valence-electron chi connectivity index (χ1n) is 7.79. The molecule has 0 saturated carbocycles. The summed E-state index contributed by atoms with van der Waals surface area (Å²) in [5, 5.41) is 2.46. The third-order valence-electron chi connectivity index (χ3n) is 4.05. The van der Waals surface area contributed by atoms with Crippen LogP contribution in [0.3, 0.4) is 0 Å². The normalized spacial score (nSPS) is 11.0. The van der Waals surface area contributed by atoms with Crippen molar-refractivity contribution in [3.8, 4) is 0 Å². The Morgan fingerprint density at radius 2 is 1.95 bits per heavy atom. The van der Waals surface area contributed by atoms with E-state index in [9.17, 15) is 4.79 Å². The molecule has 1 aromatic heterocycles. The highest BCUT2D eigenvalue weighted by atomic mass is 16.1. The van der Waals surface area contributed by atoms with E-state index in [4.69, 9.17) is 0 Å². The van der Waals surface area contributed by atoms with Gasteiger partial charge in [-0.05, 0) is 22.8 Å². The van der Waals surface area contributed by atoms with Gasteiger partial charge >= 0.3 is 0 Å². The minimum Gasteiger partial charge on any atom is -0.321 e. The first kappa shape index (κ1) is 14.5. The third-order valence-corrected chi connectivity index (χ3v) is 4.05. The van der Waals surface area contributed by atoms with Crippen LogP contribution in [-0.4, -0.2) is 15.8 Å². The number of rotatable bonds is 6. The smallest absolute Gasteiger partial charge is 0.168 e. The zero-order valence-corrected chi connectivity index (χ0v) is 12.8. The molecule has 0 aliphatic heterocycles. The Labute approximate surface area is 130 Å². The van der Waals surface area contributed by atoms with Crippen molar-refractivity contribution in [2.45, 2.75) is 32.7 Å². The molecule has 0 bridgehead atoms. The summed E-state index contributed by atoms with van der Waals surface area (Å²) in [4.78, 5) is 15.7. The molecule has 22 heavy (non-hydrogen) atoms. The standard InChI is InChI=1S/C19H20N2O/c1-2-3-11-19-20-12-17(14-22)21(19)13-16-9-6-8-15-7-4-5-10-18(15)16/h4-10,12,14H,2-3,11,13H2,1H3. The van der Waals surface area contributed by atoms with Crippen LogP contribution in [0.1, 0.15) is 41.6 Å². The van der Waals surface area contributed by atoms with Gasteiger partial charge in [-0.2, -0.15) is 0 Å². The molecule has 0 amide bonds. The van der Waals surface area contributed by atoms with E-state index < -0.39 is 0 Å². The highest BCUT2D eigenvalue weighted by molar-refractivity contribution is 5.85. The lowest BCUT2D eigenvalue weighted by Gasteiger charge is -2.12. The van der Waals surface area contributed by atoms with E-state index in [1.165, 1.54) is 16.3 Å². The molecule has 0 aliphatic rings. The van der Waals surface area contributed by atoms with E-state index in [2.05, 4.69) is 48.3 Å². The molecule has 0 saturated heterocycles. The van der Waals surface area contributed by atoms with Crippen LogP contribution in [0, 0.1) is 0 Å². The van der Waals surface area contributed by atoms with Crippen molar-refractivity contribution in [3.05, 3.63) is 65.7 Å². The van der Waals surface area contributed by atoms with E-state index in [1.807, 2.05) is 10.6 Å². The van der Waals surface area contributed by atoms with Gasteiger partial charge in [-0.1, -0.05) is 55.8 Å². The fourth-order valence-electron chi connectivity index (χ4n) is 2.84. The maximum atomic E-state index is 11.3. The molecule has 0 atom stereocenters. The second-order valence-electron chi connectivity index (χ2n) is 5.55. The lowest BCUT2D eigenvalue weighted by molar-refractivity contribution is 0.111. The fraction of sp³-hybridized carbons (Fsp3) is 0.263. The Balaban J connectivity index is 2.01. The predicted molar refractivity (Wildman–Crippen MR) is 89.3 cm³/mol. The van der Waals surface area contributed by atoms with Gasteiger partial charge in [0.05, 0.1) is 12.7 Å². The highest BCUT2D eigenvalue weighted by Crippen LogP contribution is 2.21. The van der Waals surface area contributed by atoms with E-state index in [-0.39, 0.29) is 0 Å². The molecule has 3 heteroatoms. The van der Waals surface area contributed by atoms with Gasteiger partial charge in [-0.15, -0.1) is 0 Å². The summed E-state index contributed by atoms with van der Waals surface area (Å²) in [5.41, 5.74) is 1.87. The number of carbonyl (C=O) groups is 1. The van der Waals surface area contributed by atoms with Crippen molar-refractivity contribution in [2.24, 2.45) is 0 Å². The summed E-state index contributed by atoms with van der Waals surface area (Å²) >= 11 is 0. The molecule has 3 nitrogen and oxygen atoms in total. The summed E-state index contributed by atoms with van der Waals surface area (Å²) in [6.07, 6.45) is 5.70. The number of imidazole rings is 1. The molecular formula is C19H20N2O. The van der Waals surface area contributed by atoms with Crippen molar-refractivity contribution < 1.29 is 4.79 Å². The van der Waals surface area contributed by atoms with Gasteiger partial charge in [0.25, 0.3) is 0 Å². The molecule has 3 rings (SSSR count). The van der Waals surface area contributed by atoms with Gasteiger partial charge in [0, 0.05) is 6.42 Å². The molecule has 1 heterocycles. The fourth-order valence-corrected chi connectivity index (χ4v) is 2.84. The second kappa shape index (κ2) is 6.56. The van der Waals surface area contributed by atoms with Crippen molar-refractivity contribution in [3.63, 3.8) is 0 Å². The van der Waals surface area contributed by atoms with Gasteiger partial charge in [0.2, 0.25) is 0 Å². The average Bonchev–Trinajstić information content (AvgIpc) is 2.95. The van der Waals surface area contributed by atoms with Gasteiger partial charge in [-0.3, -0.25) is 4.79 Å². The van der Waals surface area contributed by atoms with Crippen LogP contribution in [0.25, 0.3) is 10.8 Å². The number of aldehydes is 1. The maximum Gasteiger partial charge on any atom is 0.168 e. The van der Waals surface area contributed by atoms with E-state index >= 15 is 0 Å². The Kier molecular flexibility index (Phi) is 4.33. The monoisotopic (exact) mass is 292 g/mol. The number of carbonyl (C=O) groups excluding carboxylic acids is 1. The minimum absolute atomic E-state index is 0.652. The Bertz CT molecular complexity index is 784. The SMILES string of the molecule is CCCCc1ncc(C=O)n1Cc1cccc2ccccc12. The lowest BCUT2D eigenvalue weighted by atomic mass is 10.0. The zero-order valence-electron chi connectivity index (χ0n) is 12.8. The van der Waals surface area contributed by atoms with Crippen LogP contribution in [-0.2, 0) is 13.0 Å². The summed E-state index contributed by atoms with van der Waals surface area (Å²) in [6, 6.07) is 14.7. The number of aromatic nitrogens is 2. The summed E-state index contributed by atoms with van der Waals surface area (Å²) in [7, 11) is 0. The van der Waals surface area contributed by atoms with Gasteiger partial charge < -0.3 is 4.57 Å². The molecular weight excluding hydrogens is 272 g/mol. The highest BCUT2D eigenvalue weighted by Gasteiger charge is 2.11. The molecule has 0 aliphatic carbocycles. The Morgan fingerprint density at radius 3 is 2.77 bits per heavy atom. The van der Waals surface area contributed by atoms with Crippen LogP contribution >= 0.6 is 0 Å².